The molecule has 9 heteroatoms. The summed E-state index contributed by atoms with van der Waals surface area (Å²) in [4.78, 5) is 20.0. The van der Waals surface area contributed by atoms with Crippen molar-refractivity contribution < 1.29 is 14.6 Å². The lowest BCUT2D eigenvalue weighted by molar-refractivity contribution is -0.396. The Bertz CT molecular complexity index is 476. The van der Waals surface area contributed by atoms with Crippen molar-refractivity contribution in [3.63, 3.8) is 0 Å². The maximum Gasteiger partial charge on any atom is 0.332 e. The molecule has 0 saturated carbocycles. The molecule has 0 radical (unpaired) electrons. The van der Waals surface area contributed by atoms with Crippen LogP contribution >= 0.6 is 31.9 Å². The zero-order valence-corrected chi connectivity index (χ0v) is 10.9. The third kappa shape index (κ3) is 2.14. The van der Waals surface area contributed by atoms with Crippen LogP contribution in [0.25, 0.3) is 0 Å². The number of methoxy groups -OCH3 is 1. The monoisotopic (exact) mass is 354 g/mol. The van der Waals surface area contributed by atoms with Crippen LogP contribution in [0.15, 0.2) is 15.0 Å². The van der Waals surface area contributed by atoms with Crippen LogP contribution in [0, 0.1) is 20.2 Å². The molecule has 0 heterocycles. The van der Waals surface area contributed by atoms with Gasteiger partial charge in [0.2, 0.25) is 0 Å². The van der Waals surface area contributed by atoms with Gasteiger partial charge in [0.15, 0.2) is 10.2 Å². The zero-order valence-electron chi connectivity index (χ0n) is 7.77. The highest BCUT2D eigenvalue weighted by atomic mass is 79.9. The first kappa shape index (κ1) is 12.8. The Kier molecular flexibility index (Phi) is 3.81. The Labute approximate surface area is 106 Å². The smallest absolute Gasteiger partial charge is 0.332 e. The summed E-state index contributed by atoms with van der Waals surface area (Å²) >= 11 is 5.78. The first-order chi connectivity index (χ1) is 7.40. The van der Waals surface area contributed by atoms with Gasteiger partial charge in [0.25, 0.3) is 0 Å². The van der Waals surface area contributed by atoms with E-state index in [1.807, 2.05) is 0 Å². The third-order valence-corrected chi connectivity index (χ3v) is 3.07. The van der Waals surface area contributed by atoms with Gasteiger partial charge >= 0.3 is 11.4 Å². The van der Waals surface area contributed by atoms with Crippen LogP contribution in [0.5, 0.6) is 5.75 Å². The highest BCUT2D eigenvalue weighted by molar-refractivity contribution is 9.11. The number of benzene rings is 1. The Morgan fingerprint density at radius 1 is 1.19 bits per heavy atom. The maximum atomic E-state index is 10.7. The maximum absolute atomic E-state index is 10.7. The zero-order chi connectivity index (χ0) is 12.5. The van der Waals surface area contributed by atoms with Crippen molar-refractivity contribution in [2.45, 2.75) is 0 Å². The average Bonchev–Trinajstić information content (AvgIpc) is 2.14. The summed E-state index contributed by atoms with van der Waals surface area (Å²) < 4.78 is 4.65. The number of rotatable bonds is 3. The molecule has 86 valence electrons. The largest absolute Gasteiger partial charge is 0.490 e. The van der Waals surface area contributed by atoms with Crippen molar-refractivity contribution in [1.29, 1.82) is 0 Å². The molecule has 1 aromatic rings. The predicted octanol–water partition coefficient (Wildman–Crippen LogP) is 3.04. The highest BCUT2D eigenvalue weighted by Crippen LogP contribution is 2.45. The molecule has 0 aliphatic carbocycles. The Balaban J connectivity index is 3.65. The number of halogens is 2. The van der Waals surface area contributed by atoms with Crippen LogP contribution in [0.1, 0.15) is 0 Å². The van der Waals surface area contributed by atoms with Gasteiger partial charge in [-0.05, 0) is 31.9 Å². The molecule has 0 aliphatic heterocycles. The number of ether oxygens (including phenoxy) is 1. The topological polar surface area (TPSA) is 95.5 Å². The van der Waals surface area contributed by atoms with E-state index >= 15 is 0 Å². The van der Waals surface area contributed by atoms with E-state index < -0.39 is 21.2 Å². The molecule has 0 unspecified atom stereocenters. The van der Waals surface area contributed by atoms with E-state index in [0.717, 1.165) is 0 Å². The summed E-state index contributed by atoms with van der Waals surface area (Å²) in [6, 6.07) is 1.18. The first-order valence-electron chi connectivity index (χ1n) is 3.75. The number of nitrogens with zero attached hydrogens (tertiary/aromatic N) is 2. The van der Waals surface area contributed by atoms with Crippen molar-refractivity contribution in [3.05, 3.63) is 35.2 Å². The van der Waals surface area contributed by atoms with E-state index in [1.165, 1.54) is 13.2 Å². The van der Waals surface area contributed by atoms with E-state index in [2.05, 4.69) is 31.9 Å². The van der Waals surface area contributed by atoms with Crippen LogP contribution in [-0.4, -0.2) is 17.0 Å². The lowest BCUT2D eigenvalue weighted by Crippen LogP contribution is -1.99. The fourth-order valence-corrected chi connectivity index (χ4v) is 2.59. The second-order valence-electron chi connectivity index (χ2n) is 2.59. The van der Waals surface area contributed by atoms with Crippen LogP contribution < -0.4 is 4.74 Å². The Morgan fingerprint density at radius 2 is 1.69 bits per heavy atom. The minimum atomic E-state index is -0.748. The third-order valence-electron chi connectivity index (χ3n) is 1.72. The standard InChI is InChI=1S/C7H4Br2N2O5/c1-16-4-2-3(8)6(10(12)13)5(9)7(4)11(14)15/h2H,1H3. The fourth-order valence-electron chi connectivity index (χ4n) is 1.07. The minimum absolute atomic E-state index is 0.0608. The van der Waals surface area contributed by atoms with Gasteiger partial charge < -0.3 is 4.74 Å². The van der Waals surface area contributed by atoms with Crippen LogP contribution in [0.4, 0.5) is 11.4 Å². The van der Waals surface area contributed by atoms with Gasteiger partial charge in [-0.25, -0.2) is 0 Å². The lowest BCUT2D eigenvalue weighted by Gasteiger charge is -2.05. The molecule has 0 bridgehead atoms. The number of hydrogen-bond donors (Lipinski definition) is 0. The van der Waals surface area contributed by atoms with Gasteiger partial charge in [0.05, 0.1) is 17.0 Å². The van der Waals surface area contributed by atoms with Crippen LogP contribution in [-0.2, 0) is 0 Å². The molecule has 0 saturated heterocycles. The Hall–Kier alpha value is -1.22. The van der Waals surface area contributed by atoms with Crippen molar-refractivity contribution in [1.82, 2.24) is 0 Å². The summed E-state index contributed by atoms with van der Waals surface area (Å²) in [7, 11) is 1.24. The van der Waals surface area contributed by atoms with Gasteiger partial charge in [0, 0.05) is 6.07 Å². The predicted molar refractivity (Wildman–Crippen MR) is 61.7 cm³/mol. The second kappa shape index (κ2) is 4.74. The van der Waals surface area contributed by atoms with Crippen LogP contribution in [0.3, 0.4) is 0 Å². The van der Waals surface area contributed by atoms with Gasteiger partial charge in [-0.2, -0.15) is 0 Å². The van der Waals surface area contributed by atoms with E-state index in [9.17, 15) is 20.2 Å². The molecule has 0 atom stereocenters. The first-order valence-corrected chi connectivity index (χ1v) is 5.33. The molecule has 0 amide bonds. The SMILES string of the molecule is COc1cc(Br)c([N+](=O)[O-])c(Br)c1[N+](=O)[O-]. The van der Waals surface area contributed by atoms with Gasteiger partial charge in [0.1, 0.15) is 4.47 Å². The minimum Gasteiger partial charge on any atom is -0.490 e. The second-order valence-corrected chi connectivity index (χ2v) is 4.23. The molecule has 1 aromatic carbocycles. The normalized spacial score (nSPS) is 9.94. The van der Waals surface area contributed by atoms with Crippen molar-refractivity contribution in [2.24, 2.45) is 0 Å². The fraction of sp³-hybridized carbons (Fsp3) is 0.143. The molecule has 1 rings (SSSR count). The summed E-state index contributed by atoms with van der Waals surface area (Å²) in [5, 5.41) is 21.4. The molecule has 0 aromatic heterocycles. The average molecular weight is 356 g/mol. The molecular weight excluding hydrogens is 352 g/mol. The molecular formula is C7H4Br2N2O5. The molecule has 0 N–H and O–H groups in total. The van der Waals surface area contributed by atoms with Crippen molar-refractivity contribution in [2.75, 3.05) is 7.11 Å². The summed E-state index contributed by atoms with van der Waals surface area (Å²) in [5.74, 6) is -0.0608. The van der Waals surface area contributed by atoms with Crippen molar-refractivity contribution >= 4 is 43.2 Å². The lowest BCUT2D eigenvalue weighted by atomic mass is 10.2. The van der Waals surface area contributed by atoms with E-state index in [4.69, 9.17) is 4.74 Å². The van der Waals surface area contributed by atoms with Crippen LogP contribution in [0.2, 0.25) is 0 Å². The van der Waals surface area contributed by atoms with E-state index in [0.29, 0.717) is 0 Å². The molecule has 7 nitrogen and oxygen atoms in total. The van der Waals surface area contributed by atoms with Gasteiger partial charge in [-0.3, -0.25) is 20.2 Å². The summed E-state index contributed by atoms with van der Waals surface area (Å²) in [5.41, 5.74) is -0.884. The summed E-state index contributed by atoms with van der Waals surface area (Å²) in [6.45, 7) is 0. The quantitative estimate of drug-likeness (QED) is 0.613. The number of nitro groups is 2. The summed E-state index contributed by atoms with van der Waals surface area (Å²) in [6.07, 6.45) is 0. The highest BCUT2D eigenvalue weighted by Gasteiger charge is 2.31. The van der Waals surface area contributed by atoms with Crippen molar-refractivity contribution in [3.8, 4) is 5.75 Å². The molecule has 0 spiro atoms. The van der Waals surface area contributed by atoms with Gasteiger partial charge in [-0.1, -0.05) is 0 Å². The molecule has 16 heavy (non-hydrogen) atoms. The Morgan fingerprint density at radius 3 is 2.06 bits per heavy atom. The molecule has 0 fully saturated rings. The number of nitro benzene ring substituents is 2. The van der Waals surface area contributed by atoms with E-state index in [1.54, 1.807) is 0 Å². The van der Waals surface area contributed by atoms with E-state index in [-0.39, 0.29) is 14.7 Å². The number of hydrogen-bond acceptors (Lipinski definition) is 5. The molecule has 0 aliphatic rings. The van der Waals surface area contributed by atoms with Gasteiger partial charge in [-0.15, -0.1) is 0 Å².